The molecule has 5 nitrogen and oxygen atoms in total. The van der Waals surface area contributed by atoms with Gasteiger partial charge in [-0.3, -0.25) is 0 Å². The molecule has 2 rings (SSSR count). The highest BCUT2D eigenvalue weighted by Gasteiger charge is 2.15. The zero-order valence-corrected chi connectivity index (χ0v) is 15.3. The van der Waals surface area contributed by atoms with Gasteiger partial charge in [-0.2, -0.15) is 0 Å². The van der Waals surface area contributed by atoms with Crippen LogP contribution in [0.4, 0.5) is 0 Å². The number of ether oxygens (including phenoxy) is 2. The van der Waals surface area contributed by atoms with E-state index in [2.05, 4.69) is 20.7 Å². The summed E-state index contributed by atoms with van der Waals surface area (Å²) in [5.41, 5.74) is 1.03. The highest BCUT2D eigenvalue weighted by atomic mass is 79.9. The quantitative estimate of drug-likeness (QED) is 0.776. The molecule has 0 unspecified atom stereocenters. The summed E-state index contributed by atoms with van der Waals surface area (Å²) in [5.74, 6) is 1.36. The van der Waals surface area contributed by atoms with Crippen molar-refractivity contribution in [2.75, 3.05) is 20.8 Å². The molecule has 0 saturated heterocycles. The number of halogens is 1. The number of methoxy groups -OCH3 is 2. The molecule has 0 radical (unpaired) electrons. The molecule has 0 saturated carbocycles. The summed E-state index contributed by atoms with van der Waals surface area (Å²) >= 11 is 3.29. The normalized spacial score (nSPS) is 11.3. The average Bonchev–Trinajstić information content (AvgIpc) is 2.55. The van der Waals surface area contributed by atoms with E-state index in [1.807, 2.05) is 24.3 Å². The van der Waals surface area contributed by atoms with Crippen LogP contribution in [0.1, 0.15) is 5.56 Å². The summed E-state index contributed by atoms with van der Waals surface area (Å²) in [5, 5.41) is 0. The molecular weight excluding hydrogens is 382 g/mol. The SMILES string of the molecule is COc1ccc(CCNS(=O)(=O)c2ccc(OC)c(Br)c2)cc1. The van der Waals surface area contributed by atoms with E-state index in [1.54, 1.807) is 13.2 Å². The third-order valence-corrected chi connectivity index (χ3v) is 5.38. The Balaban J connectivity index is 1.99. The minimum atomic E-state index is -3.55. The minimum Gasteiger partial charge on any atom is -0.497 e. The monoisotopic (exact) mass is 399 g/mol. The Kier molecular flexibility index (Phi) is 6.04. The summed E-state index contributed by atoms with van der Waals surface area (Å²) in [6.45, 7) is 0.318. The molecule has 124 valence electrons. The van der Waals surface area contributed by atoms with Gasteiger partial charge in [0, 0.05) is 6.54 Å². The first-order valence-electron chi connectivity index (χ1n) is 6.92. The van der Waals surface area contributed by atoms with Crippen molar-refractivity contribution in [2.24, 2.45) is 0 Å². The second-order valence-electron chi connectivity index (χ2n) is 4.79. The zero-order chi connectivity index (χ0) is 16.9. The van der Waals surface area contributed by atoms with E-state index in [9.17, 15) is 8.42 Å². The van der Waals surface area contributed by atoms with Gasteiger partial charge in [0.25, 0.3) is 0 Å². The van der Waals surface area contributed by atoms with E-state index in [0.29, 0.717) is 23.2 Å². The van der Waals surface area contributed by atoms with Crippen LogP contribution in [0, 0.1) is 0 Å². The third-order valence-electron chi connectivity index (χ3n) is 3.30. The van der Waals surface area contributed by atoms with Crippen LogP contribution in [0.3, 0.4) is 0 Å². The van der Waals surface area contributed by atoms with Gasteiger partial charge in [-0.05, 0) is 58.2 Å². The lowest BCUT2D eigenvalue weighted by Crippen LogP contribution is -2.26. The lowest BCUT2D eigenvalue weighted by molar-refractivity contribution is 0.411. The van der Waals surface area contributed by atoms with Crippen LogP contribution in [0.2, 0.25) is 0 Å². The van der Waals surface area contributed by atoms with Crippen LogP contribution in [0.5, 0.6) is 11.5 Å². The molecule has 0 amide bonds. The second-order valence-corrected chi connectivity index (χ2v) is 7.41. The van der Waals surface area contributed by atoms with Gasteiger partial charge in [-0.1, -0.05) is 12.1 Å². The van der Waals surface area contributed by atoms with Crippen LogP contribution in [0.15, 0.2) is 51.8 Å². The lowest BCUT2D eigenvalue weighted by atomic mass is 10.1. The Hall–Kier alpha value is -1.57. The van der Waals surface area contributed by atoms with Crippen LogP contribution in [-0.2, 0) is 16.4 Å². The molecule has 7 heteroatoms. The lowest BCUT2D eigenvalue weighted by Gasteiger charge is -2.09. The molecule has 0 bridgehead atoms. The Labute approximate surface area is 144 Å². The van der Waals surface area contributed by atoms with E-state index in [-0.39, 0.29) is 4.90 Å². The number of nitrogens with one attached hydrogen (secondary N) is 1. The fraction of sp³-hybridized carbons (Fsp3) is 0.250. The van der Waals surface area contributed by atoms with Crippen molar-refractivity contribution in [1.82, 2.24) is 4.72 Å². The van der Waals surface area contributed by atoms with Gasteiger partial charge in [0.1, 0.15) is 11.5 Å². The molecule has 2 aromatic carbocycles. The number of hydrogen-bond donors (Lipinski definition) is 1. The first-order chi connectivity index (χ1) is 11.0. The zero-order valence-electron chi connectivity index (χ0n) is 12.9. The second kappa shape index (κ2) is 7.81. The van der Waals surface area contributed by atoms with Gasteiger partial charge >= 0.3 is 0 Å². The van der Waals surface area contributed by atoms with Crippen molar-refractivity contribution in [3.05, 3.63) is 52.5 Å². The van der Waals surface area contributed by atoms with Crippen molar-refractivity contribution in [3.63, 3.8) is 0 Å². The van der Waals surface area contributed by atoms with E-state index in [1.165, 1.54) is 19.2 Å². The number of rotatable bonds is 7. The number of hydrogen-bond acceptors (Lipinski definition) is 4. The van der Waals surface area contributed by atoms with Gasteiger partial charge in [-0.15, -0.1) is 0 Å². The largest absolute Gasteiger partial charge is 0.497 e. The molecule has 0 heterocycles. The number of benzene rings is 2. The standard InChI is InChI=1S/C16H18BrNO4S/c1-21-13-5-3-12(4-6-13)9-10-18-23(19,20)14-7-8-16(22-2)15(17)11-14/h3-8,11,18H,9-10H2,1-2H3. The molecule has 0 fully saturated rings. The maximum atomic E-state index is 12.3. The maximum Gasteiger partial charge on any atom is 0.240 e. The molecule has 23 heavy (non-hydrogen) atoms. The topological polar surface area (TPSA) is 64.6 Å². The highest BCUT2D eigenvalue weighted by molar-refractivity contribution is 9.10. The molecule has 0 spiro atoms. The van der Waals surface area contributed by atoms with Crippen LogP contribution >= 0.6 is 15.9 Å². The Morgan fingerprint density at radius 3 is 2.30 bits per heavy atom. The van der Waals surface area contributed by atoms with Gasteiger partial charge in [0.05, 0.1) is 23.6 Å². The molecule has 0 aliphatic rings. The maximum absolute atomic E-state index is 12.3. The van der Waals surface area contributed by atoms with Crippen LogP contribution in [0.25, 0.3) is 0 Å². The van der Waals surface area contributed by atoms with Crippen molar-refractivity contribution in [2.45, 2.75) is 11.3 Å². The highest BCUT2D eigenvalue weighted by Crippen LogP contribution is 2.27. The van der Waals surface area contributed by atoms with Gasteiger partial charge in [0.2, 0.25) is 10.0 Å². The Morgan fingerprint density at radius 2 is 1.74 bits per heavy atom. The van der Waals surface area contributed by atoms with E-state index in [0.717, 1.165) is 11.3 Å². The fourth-order valence-electron chi connectivity index (χ4n) is 2.02. The molecule has 0 aromatic heterocycles. The van der Waals surface area contributed by atoms with Crippen molar-refractivity contribution < 1.29 is 17.9 Å². The van der Waals surface area contributed by atoms with Gasteiger partial charge < -0.3 is 9.47 Å². The average molecular weight is 400 g/mol. The Morgan fingerprint density at radius 1 is 1.04 bits per heavy atom. The summed E-state index contributed by atoms with van der Waals surface area (Å²) in [7, 11) is -0.415. The summed E-state index contributed by atoms with van der Waals surface area (Å²) in [6, 6.07) is 12.2. The van der Waals surface area contributed by atoms with E-state index < -0.39 is 10.0 Å². The van der Waals surface area contributed by atoms with E-state index in [4.69, 9.17) is 9.47 Å². The van der Waals surface area contributed by atoms with Crippen molar-refractivity contribution >= 4 is 26.0 Å². The molecule has 0 aliphatic carbocycles. The first kappa shape index (κ1) is 17.8. The van der Waals surface area contributed by atoms with Crippen molar-refractivity contribution in [1.29, 1.82) is 0 Å². The molecule has 1 N–H and O–H groups in total. The molecule has 2 aromatic rings. The summed E-state index contributed by atoms with van der Waals surface area (Å²) in [4.78, 5) is 0.194. The minimum absolute atomic E-state index is 0.194. The van der Waals surface area contributed by atoms with E-state index >= 15 is 0 Å². The smallest absolute Gasteiger partial charge is 0.240 e. The molecule has 0 aliphatic heterocycles. The van der Waals surface area contributed by atoms with Gasteiger partial charge in [0.15, 0.2) is 0 Å². The summed E-state index contributed by atoms with van der Waals surface area (Å²) < 4.78 is 37.9. The number of sulfonamides is 1. The molecular formula is C16H18BrNO4S. The fourth-order valence-corrected chi connectivity index (χ4v) is 3.77. The predicted octanol–water partition coefficient (Wildman–Crippen LogP) is 2.99. The summed E-state index contributed by atoms with van der Waals surface area (Å²) in [6.07, 6.45) is 0.598. The van der Waals surface area contributed by atoms with Gasteiger partial charge in [-0.25, -0.2) is 13.1 Å². The first-order valence-corrected chi connectivity index (χ1v) is 9.20. The third kappa shape index (κ3) is 4.70. The van der Waals surface area contributed by atoms with Crippen LogP contribution < -0.4 is 14.2 Å². The van der Waals surface area contributed by atoms with Crippen molar-refractivity contribution in [3.8, 4) is 11.5 Å². The van der Waals surface area contributed by atoms with Crippen LogP contribution in [-0.4, -0.2) is 29.2 Å². The Bertz CT molecular complexity index is 760. The molecule has 0 atom stereocenters. The predicted molar refractivity (Wildman–Crippen MR) is 92.6 cm³/mol.